The first kappa shape index (κ1) is 28.3. The first-order chi connectivity index (χ1) is 20.2. The van der Waals surface area contributed by atoms with E-state index in [1.54, 1.807) is 6.33 Å². The second-order valence-corrected chi connectivity index (χ2v) is 12.9. The van der Waals surface area contributed by atoms with Crippen LogP contribution in [0.2, 0.25) is 0 Å². The van der Waals surface area contributed by atoms with Crippen LogP contribution in [0.3, 0.4) is 0 Å². The number of hydrogen-bond acceptors (Lipinski definition) is 8. The van der Waals surface area contributed by atoms with Crippen LogP contribution in [0.15, 0.2) is 36.7 Å². The van der Waals surface area contributed by atoms with Gasteiger partial charge in [0, 0.05) is 50.3 Å². The molecule has 2 atom stereocenters. The molecule has 2 aromatic heterocycles. The third-order valence-corrected chi connectivity index (χ3v) is 9.29. The molecule has 1 saturated heterocycles. The highest BCUT2D eigenvalue weighted by molar-refractivity contribution is 6.03. The summed E-state index contributed by atoms with van der Waals surface area (Å²) in [4.78, 5) is 18.6. The predicted molar refractivity (Wildman–Crippen MR) is 160 cm³/mol. The smallest absolute Gasteiger partial charge is 0.274 e. The Morgan fingerprint density at radius 2 is 2.14 bits per heavy atom. The van der Waals surface area contributed by atoms with Gasteiger partial charge in [-0.15, -0.1) is 10.2 Å². The number of nitrogens with zero attached hydrogens (tertiary/aromatic N) is 5. The Balaban J connectivity index is 1.25. The Labute approximate surface area is 247 Å². The van der Waals surface area contributed by atoms with Gasteiger partial charge in [-0.2, -0.15) is 5.26 Å². The number of nitrogens with one attached hydrogen (secondary N) is 3. The molecule has 220 valence electrons. The summed E-state index contributed by atoms with van der Waals surface area (Å²) in [5.74, 6) is 0.951. The summed E-state index contributed by atoms with van der Waals surface area (Å²) in [7, 11) is 1.95. The van der Waals surface area contributed by atoms with Gasteiger partial charge in [-0.05, 0) is 67.9 Å². The number of nitriles is 1. The lowest BCUT2D eigenvalue weighted by atomic mass is 9.57. The van der Waals surface area contributed by atoms with Crippen molar-refractivity contribution < 1.29 is 9.53 Å². The van der Waals surface area contributed by atoms with Crippen LogP contribution in [0.25, 0.3) is 0 Å². The molecule has 42 heavy (non-hydrogen) atoms. The van der Waals surface area contributed by atoms with Crippen molar-refractivity contribution >= 4 is 17.3 Å². The number of carbonyl (C=O) groups excluding carboxylic acids is 1. The fourth-order valence-corrected chi connectivity index (χ4v) is 6.89. The fraction of sp³-hybridized carbons (Fsp3) is 0.531. The zero-order valence-electron chi connectivity index (χ0n) is 24.9. The minimum atomic E-state index is -0.340. The minimum Gasteiger partial charge on any atom is -0.382 e. The quantitative estimate of drug-likeness (QED) is 0.346. The van der Waals surface area contributed by atoms with E-state index in [-0.39, 0.29) is 28.9 Å². The highest BCUT2D eigenvalue weighted by Crippen LogP contribution is 2.53. The summed E-state index contributed by atoms with van der Waals surface area (Å²) in [5.41, 5.74) is 4.62. The van der Waals surface area contributed by atoms with Crippen molar-refractivity contribution in [3.05, 3.63) is 65.0 Å². The molecule has 0 radical (unpaired) electrons. The van der Waals surface area contributed by atoms with E-state index in [2.05, 4.69) is 59.1 Å². The molecule has 0 spiro atoms. The van der Waals surface area contributed by atoms with Crippen LogP contribution < -0.4 is 16.0 Å². The second kappa shape index (κ2) is 11.1. The summed E-state index contributed by atoms with van der Waals surface area (Å²) in [6.07, 6.45) is 6.26. The molecule has 2 fully saturated rings. The van der Waals surface area contributed by atoms with Gasteiger partial charge in [0.25, 0.3) is 5.91 Å². The Hall–Kier alpha value is -3.81. The zero-order chi connectivity index (χ0) is 29.5. The van der Waals surface area contributed by atoms with E-state index in [9.17, 15) is 10.1 Å². The largest absolute Gasteiger partial charge is 0.382 e. The van der Waals surface area contributed by atoms with Crippen LogP contribution in [0.4, 0.5) is 11.4 Å². The number of benzene rings is 1. The van der Waals surface area contributed by atoms with E-state index in [1.807, 2.05) is 35.9 Å². The number of ether oxygens (including phenoxy) is 1. The molecule has 1 aliphatic carbocycles. The van der Waals surface area contributed by atoms with Crippen molar-refractivity contribution in [3.8, 4) is 6.07 Å². The van der Waals surface area contributed by atoms with Gasteiger partial charge in [0.05, 0.1) is 29.0 Å². The van der Waals surface area contributed by atoms with Crippen molar-refractivity contribution in [2.45, 2.75) is 82.4 Å². The molecule has 1 saturated carbocycles. The first-order valence-electron chi connectivity index (χ1n) is 15.0. The van der Waals surface area contributed by atoms with E-state index in [4.69, 9.17) is 9.72 Å². The van der Waals surface area contributed by atoms with Crippen LogP contribution in [-0.2, 0) is 29.2 Å². The molecular weight excluding hydrogens is 528 g/mol. The van der Waals surface area contributed by atoms with Crippen molar-refractivity contribution in [2.75, 3.05) is 23.8 Å². The van der Waals surface area contributed by atoms with Gasteiger partial charge in [-0.3, -0.25) is 4.79 Å². The maximum atomic E-state index is 13.7. The maximum absolute atomic E-state index is 13.7. The molecule has 3 aliphatic rings. The number of rotatable bonds is 9. The van der Waals surface area contributed by atoms with Crippen LogP contribution in [0.1, 0.15) is 86.0 Å². The molecule has 10 nitrogen and oxygen atoms in total. The highest BCUT2D eigenvalue weighted by Gasteiger charge is 2.49. The van der Waals surface area contributed by atoms with E-state index in [0.29, 0.717) is 30.3 Å². The van der Waals surface area contributed by atoms with Gasteiger partial charge in [0.15, 0.2) is 0 Å². The molecule has 3 aromatic rings. The molecule has 10 heteroatoms. The molecule has 2 unspecified atom stereocenters. The predicted octanol–water partition coefficient (Wildman–Crippen LogP) is 4.43. The first-order valence-corrected chi connectivity index (χ1v) is 15.0. The molecule has 4 heterocycles. The maximum Gasteiger partial charge on any atom is 0.274 e. The molecule has 3 N–H and O–H groups in total. The van der Waals surface area contributed by atoms with E-state index in [1.165, 1.54) is 0 Å². The van der Waals surface area contributed by atoms with Crippen molar-refractivity contribution in [3.63, 3.8) is 0 Å². The van der Waals surface area contributed by atoms with Crippen LogP contribution in [0, 0.1) is 17.2 Å². The second-order valence-electron chi connectivity index (χ2n) is 12.9. The van der Waals surface area contributed by atoms with Crippen LogP contribution >= 0.6 is 0 Å². The normalized spacial score (nSPS) is 24.7. The highest BCUT2D eigenvalue weighted by atomic mass is 16.5. The summed E-state index contributed by atoms with van der Waals surface area (Å²) in [6, 6.07) is 12.4. The molecule has 6 rings (SSSR count). The lowest BCUT2D eigenvalue weighted by molar-refractivity contribution is 0.0832. The lowest BCUT2D eigenvalue weighted by Gasteiger charge is -2.46. The van der Waals surface area contributed by atoms with Crippen molar-refractivity contribution in [1.82, 2.24) is 25.1 Å². The van der Waals surface area contributed by atoms with Gasteiger partial charge in [-0.1, -0.05) is 26.0 Å². The number of fused-ring (bicyclic) bond motifs is 1. The van der Waals surface area contributed by atoms with Crippen LogP contribution in [0.5, 0.6) is 0 Å². The van der Waals surface area contributed by atoms with Crippen molar-refractivity contribution in [2.24, 2.45) is 13.0 Å². The van der Waals surface area contributed by atoms with E-state index < -0.39 is 0 Å². The number of carbonyl (C=O) groups is 1. The Kier molecular flexibility index (Phi) is 7.50. The van der Waals surface area contributed by atoms with Crippen LogP contribution in [-0.4, -0.2) is 51.0 Å². The number of anilines is 2. The third-order valence-electron chi connectivity index (χ3n) is 9.29. The fourth-order valence-electron chi connectivity index (χ4n) is 6.89. The van der Waals surface area contributed by atoms with Gasteiger partial charge >= 0.3 is 0 Å². The summed E-state index contributed by atoms with van der Waals surface area (Å²) >= 11 is 0. The Morgan fingerprint density at radius 3 is 2.86 bits per heavy atom. The Bertz CT molecular complexity index is 1510. The van der Waals surface area contributed by atoms with E-state index in [0.717, 1.165) is 67.2 Å². The number of hydrogen-bond donors (Lipinski definition) is 3. The summed E-state index contributed by atoms with van der Waals surface area (Å²) < 4.78 is 7.83. The molecular formula is C32H40N8O2. The summed E-state index contributed by atoms with van der Waals surface area (Å²) in [6.45, 7) is 8.68. The number of aryl methyl sites for hydroxylation is 1. The molecule has 0 bridgehead atoms. The average Bonchev–Trinajstić information content (AvgIpc) is 3.70. The summed E-state index contributed by atoms with van der Waals surface area (Å²) in [5, 5.41) is 28.1. The van der Waals surface area contributed by atoms with Gasteiger partial charge in [0.2, 0.25) is 0 Å². The van der Waals surface area contributed by atoms with Gasteiger partial charge in [0.1, 0.15) is 17.8 Å². The molecule has 2 aliphatic heterocycles. The monoisotopic (exact) mass is 568 g/mol. The van der Waals surface area contributed by atoms with Crippen molar-refractivity contribution in [1.29, 1.82) is 5.26 Å². The Morgan fingerprint density at radius 1 is 1.31 bits per heavy atom. The molecule has 1 aromatic carbocycles. The third kappa shape index (κ3) is 5.16. The topological polar surface area (TPSA) is 130 Å². The number of aromatic nitrogens is 4. The van der Waals surface area contributed by atoms with Gasteiger partial charge in [-0.25, -0.2) is 4.98 Å². The van der Waals surface area contributed by atoms with E-state index >= 15 is 0 Å². The van der Waals surface area contributed by atoms with Gasteiger partial charge < -0.3 is 25.3 Å². The minimum absolute atomic E-state index is 0.187. The zero-order valence-corrected chi connectivity index (χ0v) is 24.9. The SMILES string of the molecule is CC(NCc1cc(C(=O)Nc2cccc([C@]3(c4nncn4C)C[C@@H](CC#N)C3)c2)nc2c1NCC2(C)C)C1CCCO1. The number of amides is 1. The standard InChI is InChI=1S/C32H40N8O2/c1-20(26-9-6-12-42-26)34-17-22-13-25(38-28-27(22)35-18-31(28,2)3)29(41)37-24-8-5-7-23(14-24)32(15-21(16-32)10-11-33)30-39-36-19-40(30)4/h5,7-8,13-14,19-21,26,34-35H,6,9-10,12,15-18H2,1-4H3,(H,37,41)/t20?,21-,26?,32+. The average molecular weight is 569 g/mol. The lowest BCUT2D eigenvalue weighted by Crippen LogP contribution is -2.44. The molecule has 1 amide bonds. The number of pyridine rings is 1.